The fourth-order valence-corrected chi connectivity index (χ4v) is 4.92. The third kappa shape index (κ3) is 4.94. The van der Waals surface area contributed by atoms with Crippen LogP contribution >= 0.6 is 0 Å². The molecule has 0 aliphatic rings. The van der Waals surface area contributed by atoms with E-state index in [1.165, 1.54) is 12.1 Å². The molecule has 2 aromatic carbocycles. The molecular formula is C26H20FN7O5S. The molecule has 14 heteroatoms. The van der Waals surface area contributed by atoms with Gasteiger partial charge in [0.1, 0.15) is 16.4 Å². The Kier molecular flexibility index (Phi) is 6.69. The number of rotatable bonds is 8. The number of carboxylic acids is 1. The Bertz CT molecular complexity index is 1890. The van der Waals surface area contributed by atoms with Gasteiger partial charge < -0.3 is 10.8 Å². The summed E-state index contributed by atoms with van der Waals surface area (Å²) in [5.74, 6) is -3.16. The number of benzene rings is 2. The number of aromatic carboxylic acids is 1. The first kappa shape index (κ1) is 26.4. The predicted octanol–water partition coefficient (Wildman–Crippen LogP) is 3.38. The highest BCUT2D eigenvalue weighted by Crippen LogP contribution is 2.31. The summed E-state index contributed by atoms with van der Waals surface area (Å²) in [6, 6.07) is 11.9. The van der Waals surface area contributed by atoms with Gasteiger partial charge in [0.2, 0.25) is 5.91 Å². The SMILES string of the molecule is CCc1ccc(-c2[nH]nc3nc(-c4ncc(S(=O)(=O)Nc5ccc(C(N)=O)cc5F)cn4)cc(C(=O)O)c23)cc1. The number of aromatic nitrogens is 5. The zero-order chi connectivity index (χ0) is 28.6. The highest BCUT2D eigenvalue weighted by Gasteiger charge is 2.22. The van der Waals surface area contributed by atoms with Gasteiger partial charge in [0.15, 0.2) is 11.5 Å². The number of halogens is 1. The molecule has 0 saturated carbocycles. The molecule has 0 atom stereocenters. The van der Waals surface area contributed by atoms with Gasteiger partial charge in [-0.15, -0.1) is 0 Å². The number of H-pyrrole nitrogens is 1. The Balaban J connectivity index is 1.47. The number of carbonyl (C=O) groups excluding carboxylic acids is 1. The average Bonchev–Trinajstić information content (AvgIpc) is 3.37. The number of hydrogen-bond acceptors (Lipinski definition) is 8. The van der Waals surface area contributed by atoms with Crippen molar-refractivity contribution >= 4 is 38.6 Å². The Labute approximate surface area is 226 Å². The molecule has 5 N–H and O–H groups in total. The van der Waals surface area contributed by atoms with E-state index in [0.717, 1.165) is 42.1 Å². The van der Waals surface area contributed by atoms with Crippen molar-refractivity contribution in [2.75, 3.05) is 4.72 Å². The van der Waals surface area contributed by atoms with Gasteiger partial charge in [-0.2, -0.15) is 5.10 Å². The zero-order valence-electron chi connectivity index (χ0n) is 20.7. The number of carboxylic acid groups (broad SMARTS) is 1. The third-order valence-corrected chi connectivity index (χ3v) is 7.39. The zero-order valence-corrected chi connectivity index (χ0v) is 21.5. The summed E-state index contributed by atoms with van der Waals surface area (Å²) in [7, 11) is -4.32. The molecule has 0 bridgehead atoms. The van der Waals surface area contributed by atoms with E-state index in [0.29, 0.717) is 11.1 Å². The maximum atomic E-state index is 14.3. The molecule has 0 fully saturated rings. The van der Waals surface area contributed by atoms with E-state index in [4.69, 9.17) is 5.73 Å². The van der Waals surface area contributed by atoms with Crippen molar-refractivity contribution in [1.82, 2.24) is 25.1 Å². The molecule has 202 valence electrons. The van der Waals surface area contributed by atoms with Crippen molar-refractivity contribution in [2.45, 2.75) is 18.2 Å². The minimum Gasteiger partial charge on any atom is -0.478 e. The number of nitrogens with one attached hydrogen (secondary N) is 2. The molecule has 0 unspecified atom stereocenters. The summed E-state index contributed by atoms with van der Waals surface area (Å²) in [6.07, 6.45) is 2.79. The standard InChI is InChI=1S/C26H20FN7O5S/c1-2-13-3-5-14(6-4-13)22-21-17(26(36)37)10-20(31-25(21)33-32-22)24-29-11-16(12-30-24)40(38,39)34-19-8-7-15(23(28)35)9-18(19)27/h3-12,34H,2H2,1H3,(H2,28,35)(H,36,37)(H,31,32,33). The number of aromatic amines is 1. The Hall–Kier alpha value is -5.24. The lowest BCUT2D eigenvalue weighted by atomic mass is 10.0. The summed E-state index contributed by atoms with van der Waals surface area (Å²) in [4.78, 5) is 35.4. The van der Waals surface area contributed by atoms with Gasteiger partial charge in [0.05, 0.1) is 34.7 Å². The highest BCUT2D eigenvalue weighted by atomic mass is 32.2. The van der Waals surface area contributed by atoms with Gasteiger partial charge in [0.25, 0.3) is 10.0 Å². The Morgan fingerprint density at radius 3 is 2.38 bits per heavy atom. The summed E-state index contributed by atoms with van der Waals surface area (Å²) in [5, 5.41) is 17.2. The number of amides is 1. The molecule has 1 amide bonds. The van der Waals surface area contributed by atoms with Crippen molar-refractivity contribution < 1.29 is 27.5 Å². The van der Waals surface area contributed by atoms with Crippen LogP contribution in [0.1, 0.15) is 33.2 Å². The van der Waals surface area contributed by atoms with E-state index in [1.807, 2.05) is 31.2 Å². The number of nitrogens with zero attached hydrogens (tertiary/aromatic N) is 4. The topological polar surface area (TPSA) is 194 Å². The minimum absolute atomic E-state index is 0.0503. The molecule has 0 saturated heterocycles. The first-order valence-corrected chi connectivity index (χ1v) is 13.2. The quantitative estimate of drug-likeness (QED) is 0.220. The lowest BCUT2D eigenvalue weighted by Crippen LogP contribution is -2.16. The van der Waals surface area contributed by atoms with E-state index in [1.54, 1.807) is 0 Å². The van der Waals surface area contributed by atoms with Crippen LogP contribution in [0, 0.1) is 5.82 Å². The van der Waals surface area contributed by atoms with Crippen LogP contribution in [-0.4, -0.2) is 50.6 Å². The highest BCUT2D eigenvalue weighted by molar-refractivity contribution is 7.92. The molecule has 0 aliphatic carbocycles. The van der Waals surface area contributed by atoms with Crippen LogP contribution in [-0.2, 0) is 16.4 Å². The lowest BCUT2D eigenvalue weighted by molar-refractivity contribution is 0.0698. The molecule has 5 rings (SSSR count). The number of nitrogens with two attached hydrogens (primary N) is 1. The van der Waals surface area contributed by atoms with Gasteiger partial charge in [-0.1, -0.05) is 31.2 Å². The van der Waals surface area contributed by atoms with Gasteiger partial charge >= 0.3 is 5.97 Å². The summed E-state index contributed by atoms with van der Waals surface area (Å²) in [6.45, 7) is 2.03. The normalized spacial score (nSPS) is 11.4. The summed E-state index contributed by atoms with van der Waals surface area (Å²) < 4.78 is 41.9. The van der Waals surface area contributed by atoms with Crippen LogP contribution in [0.5, 0.6) is 0 Å². The minimum atomic E-state index is -4.32. The predicted molar refractivity (Wildman–Crippen MR) is 142 cm³/mol. The number of hydrogen-bond donors (Lipinski definition) is 4. The van der Waals surface area contributed by atoms with Gasteiger partial charge in [0, 0.05) is 11.1 Å². The van der Waals surface area contributed by atoms with Crippen LogP contribution in [0.3, 0.4) is 0 Å². The van der Waals surface area contributed by atoms with E-state index >= 15 is 0 Å². The third-order valence-electron chi connectivity index (χ3n) is 6.07. The lowest BCUT2D eigenvalue weighted by Gasteiger charge is -2.10. The fourth-order valence-electron chi connectivity index (χ4n) is 3.97. The first-order valence-electron chi connectivity index (χ1n) is 11.7. The molecule has 0 radical (unpaired) electrons. The van der Waals surface area contributed by atoms with Crippen molar-refractivity contribution in [3.63, 3.8) is 0 Å². The molecule has 12 nitrogen and oxygen atoms in total. The van der Waals surface area contributed by atoms with Crippen LogP contribution in [0.25, 0.3) is 33.8 Å². The Morgan fingerprint density at radius 1 is 1.07 bits per heavy atom. The van der Waals surface area contributed by atoms with Crippen LogP contribution in [0.4, 0.5) is 10.1 Å². The number of anilines is 1. The van der Waals surface area contributed by atoms with Crippen molar-refractivity contribution in [2.24, 2.45) is 5.73 Å². The number of carbonyl (C=O) groups is 2. The molecule has 0 aliphatic heterocycles. The summed E-state index contributed by atoms with van der Waals surface area (Å²) >= 11 is 0. The molecule has 5 aromatic rings. The first-order chi connectivity index (χ1) is 19.1. The molecule has 0 spiro atoms. The van der Waals surface area contributed by atoms with Crippen LogP contribution in [0.2, 0.25) is 0 Å². The monoisotopic (exact) mass is 561 g/mol. The van der Waals surface area contributed by atoms with Gasteiger partial charge in [-0.05, 0) is 36.2 Å². The number of pyridine rings is 1. The summed E-state index contributed by atoms with van der Waals surface area (Å²) in [5.41, 5.74) is 6.97. The van der Waals surface area contributed by atoms with E-state index in [2.05, 4.69) is 29.9 Å². The fraction of sp³-hybridized carbons (Fsp3) is 0.0769. The second kappa shape index (κ2) is 10.1. The number of primary amides is 1. The number of fused-ring (bicyclic) bond motifs is 1. The molecular weight excluding hydrogens is 541 g/mol. The number of sulfonamides is 1. The van der Waals surface area contributed by atoms with Crippen molar-refractivity contribution in [1.29, 1.82) is 0 Å². The van der Waals surface area contributed by atoms with Crippen LogP contribution < -0.4 is 10.5 Å². The number of aryl methyl sites for hydroxylation is 1. The molecule has 3 aromatic heterocycles. The van der Waals surface area contributed by atoms with E-state index < -0.39 is 38.3 Å². The van der Waals surface area contributed by atoms with Gasteiger partial charge in [-0.25, -0.2) is 32.6 Å². The smallest absolute Gasteiger partial charge is 0.336 e. The molecule has 40 heavy (non-hydrogen) atoms. The van der Waals surface area contributed by atoms with E-state index in [-0.39, 0.29) is 28.3 Å². The average molecular weight is 562 g/mol. The van der Waals surface area contributed by atoms with Crippen LogP contribution in [0.15, 0.2) is 65.8 Å². The van der Waals surface area contributed by atoms with E-state index in [9.17, 15) is 27.5 Å². The second-order valence-corrected chi connectivity index (χ2v) is 10.3. The Morgan fingerprint density at radius 2 is 1.77 bits per heavy atom. The van der Waals surface area contributed by atoms with Crippen molar-refractivity contribution in [3.8, 4) is 22.8 Å². The van der Waals surface area contributed by atoms with Gasteiger partial charge in [-0.3, -0.25) is 14.6 Å². The maximum Gasteiger partial charge on any atom is 0.336 e. The largest absolute Gasteiger partial charge is 0.478 e. The molecule has 3 heterocycles. The second-order valence-electron chi connectivity index (χ2n) is 8.61. The maximum absolute atomic E-state index is 14.3. The van der Waals surface area contributed by atoms with Crippen molar-refractivity contribution in [3.05, 3.63) is 83.4 Å².